The molecule has 0 amide bonds. The van der Waals surface area contributed by atoms with Gasteiger partial charge in [0.15, 0.2) is 0 Å². The normalized spacial score (nSPS) is 25.5. The second-order valence-electron chi connectivity index (χ2n) is 5.88. The van der Waals surface area contributed by atoms with Gasteiger partial charge in [-0.3, -0.25) is 0 Å². The Morgan fingerprint density at radius 1 is 1.14 bits per heavy atom. The Morgan fingerprint density at radius 3 is 2.82 bits per heavy atom. The van der Waals surface area contributed by atoms with Gasteiger partial charge in [0, 0.05) is 15.4 Å². The molecule has 0 aromatic heterocycles. The van der Waals surface area contributed by atoms with E-state index < -0.39 is 0 Å². The fourth-order valence-electron chi connectivity index (χ4n) is 3.65. The maximum atomic E-state index is 6.44. The van der Waals surface area contributed by atoms with Gasteiger partial charge in [-0.05, 0) is 47.7 Å². The predicted molar refractivity (Wildman–Crippen MR) is 97.0 cm³/mol. The third-order valence-corrected chi connectivity index (χ3v) is 5.60. The summed E-state index contributed by atoms with van der Waals surface area (Å²) in [6, 6.07) is 12.6. The lowest BCUT2D eigenvalue weighted by Gasteiger charge is -2.38. The van der Waals surface area contributed by atoms with Crippen molar-refractivity contribution < 1.29 is 0 Å². The van der Waals surface area contributed by atoms with Crippen LogP contribution in [0.25, 0.3) is 0 Å². The van der Waals surface area contributed by atoms with Gasteiger partial charge in [0.2, 0.25) is 0 Å². The first-order chi connectivity index (χ1) is 10.6. The molecule has 2 aromatic rings. The Hall–Kier alpha value is -0.960. The van der Waals surface area contributed by atoms with Gasteiger partial charge in [0.25, 0.3) is 0 Å². The molecule has 4 rings (SSSR count). The third-order valence-electron chi connectivity index (χ3n) is 4.59. The van der Waals surface area contributed by atoms with Crippen LogP contribution in [0.1, 0.15) is 29.5 Å². The summed E-state index contributed by atoms with van der Waals surface area (Å²) < 4.78 is 1.10. The van der Waals surface area contributed by atoms with Crippen LogP contribution in [0.15, 0.2) is 53.0 Å². The van der Waals surface area contributed by atoms with E-state index in [2.05, 4.69) is 57.7 Å². The molecule has 0 bridgehead atoms. The molecule has 0 unspecified atom stereocenters. The minimum Gasteiger partial charge on any atom is -0.376 e. The molecule has 0 spiro atoms. The van der Waals surface area contributed by atoms with Crippen molar-refractivity contribution in [3.8, 4) is 0 Å². The van der Waals surface area contributed by atoms with Crippen molar-refractivity contribution in [1.82, 2.24) is 0 Å². The number of hydrogen-bond donors (Lipinski definition) is 1. The summed E-state index contributed by atoms with van der Waals surface area (Å²) in [6.45, 7) is 0. The Balaban J connectivity index is 1.84. The van der Waals surface area contributed by atoms with Gasteiger partial charge in [-0.2, -0.15) is 0 Å². The summed E-state index contributed by atoms with van der Waals surface area (Å²) in [5.41, 5.74) is 3.51. The van der Waals surface area contributed by atoms with Crippen LogP contribution in [-0.4, -0.2) is 0 Å². The number of halogens is 3. The molecule has 1 N–H and O–H groups in total. The van der Waals surface area contributed by atoms with E-state index in [1.807, 2.05) is 12.1 Å². The van der Waals surface area contributed by atoms with Gasteiger partial charge in [0.05, 0.1) is 16.8 Å². The van der Waals surface area contributed by atoms with Crippen LogP contribution in [0.4, 0.5) is 5.69 Å². The van der Waals surface area contributed by atoms with E-state index in [0.29, 0.717) is 21.9 Å². The number of fused-ring (bicyclic) bond motifs is 3. The van der Waals surface area contributed by atoms with Crippen LogP contribution in [0.2, 0.25) is 10.0 Å². The average Bonchev–Trinajstić information content (AvgIpc) is 2.96. The first-order valence-electron chi connectivity index (χ1n) is 7.31. The number of hydrogen-bond acceptors (Lipinski definition) is 1. The second kappa shape index (κ2) is 5.59. The summed E-state index contributed by atoms with van der Waals surface area (Å²) in [6.07, 6.45) is 5.63. The largest absolute Gasteiger partial charge is 0.376 e. The minimum absolute atomic E-state index is 0.253. The second-order valence-corrected chi connectivity index (χ2v) is 7.64. The van der Waals surface area contributed by atoms with Crippen LogP contribution in [0, 0.1) is 5.92 Å². The SMILES string of the molecule is Clc1cc(Cl)c2c(c1)[C@@H]1C=CC[C@@H]1[C@H](c1cccc(Br)c1)N2. The van der Waals surface area contributed by atoms with E-state index in [1.54, 1.807) is 0 Å². The molecule has 2 aliphatic rings. The molecule has 0 saturated heterocycles. The van der Waals surface area contributed by atoms with Gasteiger partial charge in [0.1, 0.15) is 0 Å². The standard InChI is InChI=1S/C18H14BrCl2N/c19-11-4-1-3-10(7-11)17-14-6-2-5-13(14)15-8-12(20)9-16(21)18(15)22-17/h1-5,7-9,13-14,17,22H,6H2/t13-,14+,17+/m1/s1. The first kappa shape index (κ1) is 14.6. The van der Waals surface area contributed by atoms with Crippen molar-refractivity contribution in [3.05, 3.63) is 74.2 Å². The average molecular weight is 395 g/mol. The highest BCUT2D eigenvalue weighted by Gasteiger charge is 2.38. The molecule has 112 valence electrons. The summed E-state index contributed by atoms with van der Waals surface area (Å²) in [5, 5.41) is 5.05. The number of rotatable bonds is 1. The molecule has 4 heteroatoms. The number of benzene rings is 2. The van der Waals surface area contributed by atoms with Crippen molar-refractivity contribution in [1.29, 1.82) is 0 Å². The van der Waals surface area contributed by atoms with E-state index in [9.17, 15) is 0 Å². The maximum absolute atomic E-state index is 6.44. The lowest BCUT2D eigenvalue weighted by molar-refractivity contribution is 0.425. The van der Waals surface area contributed by atoms with Gasteiger partial charge >= 0.3 is 0 Å². The van der Waals surface area contributed by atoms with E-state index in [0.717, 1.165) is 16.6 Å². The van der Waals surface area contributed by atoms with E-state index >= 15 is 0 Å². The zero-order chi connectivity index (χ0) is 15.3. The highest BCUT2D eigenvalue weighted by Crippen LogP contribution is 2.52. The molecular weight excluding hydrogens is 381 g/mol. The minimum atomic E-state index is 0.253. The molecule has 0 fully saturated rings. The molecule has 1 nitrogen and oxygen atoms in total. The van der Waals surface area contributed by atoms with Crippen molar-refractivity contribution >= 4 is 44.8 Å². The van der Waals surface area contributed by atoms with E-state index in [1.165, 1.54) is 11.1 Å². The monoisotopic (exact) mass is 393 g/mol. The Kier molecular flexibility index (Phi) is 3.72. The predicted octanol–water partition coefficient (Wildman–Crippen LogP) is 6.58. The Morgan fingerprint density at radius 2 is 2.00 bits per heavy atom. The van der Waals surface area contributed by atoms with Crippen LogP contribution in [0.3, 0.4) is 0 Å². The highest BCUT2D eigenvalue weighted by atomic mass is 79.9. The number of allylic oxidation sites excluding steroid dienone is 2. The summed E-state index contributed by atoms with van der Waals surface area (Å²) in [7, 11) is 0. The van der Waals surface area contributed by atoms with Crippen molar-refractivity contribution in [2.45, 2.75) is 18.4 Å². The molecule has 3 atom stereocenters. The van der Waals surface area contributed by atoms with Gasteiger partial charge < -0.3 is 5.32 Å². The molecule has 2 aromatic carbocycles. The van der Waals surface area contributed by atoms with Crippen LogP contribution in [0.5, 0.6) is 0 Å². The summed E-state index contributed by atoms with van der Waals surface area (Å²) in [4.78, 5) is 0. The molecule has 0 radical (unpaired) electrons. The number of nitrogens with one attached hydrogen (secondary N) is 1. The zero-order valence-corrected chi connectivity index (χ0v) is 14.8. The van der Waals surface area contributed by atoms with Gasteiger partial charge in [-0.25, -0.2) is 0 Å². The molecule has 1 aliphatic heterocycles. The maximum Gasteiger partial charge on any atom is 0.0655 e. The third kappa shape index (κ3) is 2.38. The highest BCUT2D eigenvalue weighted by molar-refractivity contribution is 9.10. The van der Waals surface area contributed by atoms with Crippen LogP contribution >= 0.6 is 39.1 Å². The Bertz CT molecular complexity index is 772. The lowest BCUT2D eigenvalue weighted by atomic mass is 9.77. The summed E-state index contributed by atoms with van der Waals surface area (Å²) in [5.74, 6) is 0.868. The first-order valence-corrected chi connectivity index (χ1v) is 8.86. The Labute approximate surface area is 148 Å². The quantitative estimate of drug-likeness (QED) is 0.538. The van der Waals surface area contributed by atoms with Gasteiger partial charge in [-0.1, -0.05) is 63.4 Å². The lowest BCUT2D eigenvalue weighted by Crippen LogP contribution is -2.29. The van der Waals surface area contributed by atoms with Crippen LogP contribution < -0.4 is 5.32 Å². The zero-order valence-electron chi connectivity index (χ0n) is 11.7. The molecule has 0 saturated carbocycles. The van der Waals surface area contributed by atoms with Crippen molar-refractivity contribution in [2.75, 3.05) is 5.32 Å². The fourth-order valence-corrected chi connectivity index (χ4v) is 4.63. The molecular formula is C18H14BrCl2N. The number of anilines is 1. The van der Waals surface area contributed by atoms with E-state index in [4.69, 9.17) is 23.2 Å². The van der Waals surface area contributed by atoms with Crippen molar-refractivity contribution in [3.63, 3.8) is 0 Å². The van der Waals surface area contributed by atoms with Gasteiger partial charge in [-0.15, -0.1) is 0 Å². The summed E-state index contributed by atoms with van der Waals surface area (Å²) >= 11 is 16.2. The smallest absolute Gasteiger partial charge is 0.0655 e. The molecule has 1 heterocycles. The van der Waals surface area contributed by atoms with Crippen molar-refractivity contribution in [2.24, 2.45) is 5.92 Å². The fraction of sp³-hybridized carbons (Fsp3) is 0.222. The van der Waals surface area contributed by atoms with E-state index in [-0.39, 0.29) is 6.04 Å². The topological polar surface area (TPSA) is 12.0 Å². The molecule has 1 aliphatic carbocycles. The van der Waals surface area contributed by atoms with Crippen LogP contribution in [-0.2, 0) is 0 Å². The molecule has 22 heavy (non-hydrogen) atoms.